The fourth-order valence-corrected chi connectivity index (χ4v) is 4.49. The van der Waals surface area contributed by atoms with Crippen molar-refractivity contribution < 1.29 is 9.59 Å². The summed E-state index contributed by atoms with van der Waals surface area (Å²) in [6.45, 7) is 2.55. The molecule has 4 rings (SSSR count). The average molecular weight is 471 g/mol. The Morgan fingerprint density at radius 1 is 1.17 bits per heavy atom. The Bertz CT molecular complexity index is 1050. The van der Waals surface area contributed by atoms with Crippen molar-refractivity contribution in [1.29, 1.82) is 0 Å². The molecule has 2 heterocycles. The smallest absolute Gasteiger partial charge is 0.254 e. The summed E-state index contributed by atoms with van der Waals surface area (Å²) < 4.78 is 0.951. The summed E-state index contributed by atoms with van der Waals surface area (Å²) in [5.74, 6) is -0.338. The van der Waals surface area contributed by atoms with E-state index in [0.717, 1.165) is 27.0 Å². The maximum absolute atomic E-state index is 12.9. The summed E-state index contributed by atoms with van der Waals surface area (Å²) in [5, 5.41) is 12.2. The van der Waals surface area contributed by atoms with Crippen LogP contribution in [-0.2, 0) is 4.79 Å². The molecule has 1 aliphatic heterocycles. The van der Waals surface area contributed by atoms with Gasteiger partial charge >= 0.3 is 0 Å². The van der Waals surface area contributed by atoms with Crippen LogP contribution in [0.1, 0.15) is 28.8 Å². The lowest BCUT2D eigenvalue weighted by molar-refractivity contribution is -0.119. The highest BCUT2D eigenvalue weighted by Crippen LogP contribution is 2.29. The Hall–Kier alpha value is -2.58. The average Bonchev–Trinajstić information content (AvgIpc) is 3.38. The number of aromatic nitrogens is 2. The minimum atomic E-state index is -0.498. The van der Waals surface area contributed by atoms with Gasteiger partial charge in [-0.15, -0.1) is 10.2 Å². The largest absolute Gasteiger partial charge is 0.327 e. The van der Waals surface area contributed by atoms with Crippen molar-refractivity contribution in [3.05, 3.63) is 64.1 Å². The van der Waals surface area contributed by atoms with Crippen LogP contribution in [0.3, 0.4) is 0 Å². The second-order valence-electron chi connectivity index (χ2n) is 6.93. The third-order valence-electron chi connectivity index (χ3n) is 4.84. The normalized spacial score (nSPS) is 16.1. The van der Waals surface area contributed by atoms with Gasteiger partial charge in [0.2, 0.25) is 11.0 Å². The van der Waals surface area contributed by atoms with Crippen molar-refractivity contribution in [2.75, 3.05) is 11.9 Å². The molecule has 6 nitrogen and oxygen atoms in total. The van der Waals surface area contributed by atoms with Crippen LogP contribution >= 0.6 is 27.3 Å². The number of nitrogens with one attached hydrogen (secondary N) is 1. The molecule has 0 saturated carbocycles. The molecule has 1 unspecified atom stereocenters. The first-order chi connectivity index (χ1) is 14.0. The summed E-state index contributed by atoms with van der Waals surface area (Å²) in [7, 11) is 0. The molecule has 8 heteroatoms. The SMILES string of the molecule is Cc1ccc(C(=O)N2CCCC2C(=O)Nc2nnc(-c3cccc(Br)c3)s2)cc1. The molecule has 1 N–H and O–H groups in total. The van der Waals surface area contributed by atoms with Gasteiger partial charge in [0.25, 0.3) is 5.91 Å². The molecule has 2 amide bonds. The third-order valence-corrected chi connectivity index (χ3v) is 6.22. The predicted molar refractivity (Wildman–Crippen MR) is 117 cm³/mol. The minimum Gasteiger partial charge on any atom is -0.327 e. The van der Waals surface area contributed by atoms with Crippen LogP contribution in [0.4, 0.5) is 5.13 Å². The fourth-order valence-electron chi connectivity index (χ4n) is 3.34. The summed E-state index contributed by atoms with van der Waals surface area (Å²) in [4.78, 5) is 27.4. The summed E-state index contributed by atoms with van der Waals surface area (Å²) in [6.07, 6.45) is 1.44. The second-order valence-corrected chi connectivity index (χ2v) is 8.83. The van der Waals surface area contributed by atoms with Gasteiger partial charge in [-0.25, -0.2) is 0 Å². The first-order valence-electron chi connectivity index (χ1n) is 9.29. The summed E-state index contributed by atoms with van der Waals surface area (Å²) in [5.41, 5.74) is 2.62. The number of aryl methyl sites for hydroxylation is 1. The van der Waals surface area contributed by atoms with Gasteiger partial charge in [0, 0.05) is 22.1 Å². The summed E-state index contributed by atoms with van der Waals surface area (Å²) in [6, 6.07) is 14.7. The van der Waals surface area contributed by atoms with Crippen molar-refractivity contribution in [2.24, 2.45) is 0 Å². The molecular weight excluding hydrogens is 452 g/mol. The van der Waals surface area contributed by atoms with Crippen LogP contribution in [0.15, 0.2) is 53.0 Å². The van der Waals surface area contributed by atoms with E-state index < -0.39 is 6.04 Å². The van der Waals surface area contributed by atoms with Gasteiger partial charge in [-0.1, -0.05) is 57.1 Å². The highest BCUT2D eigenvalue weighted by molar-refractivity contribution is 9.10. The molecule has 148 valence electrons. The van der Waals surface area contributed by atoms with E-state index in [2.05, 4.69) is 31.4 Å². The van der Waals surface area contributed by atoms with E-state index in [9.17, 15) is 9.59 Å². The number of rotatable bonds is 4. The number of halogens is 1. The van der Waals surface area contributed by atoms with Gasteiger partial charge in [0.15, 0.2) is 0 Å². The standard InChI is InChI=1S/C21H19BrN4O2S/c1-13-7-9-14(10-8-13)20(28)26-11-3-6-17(26)18(27)23-21-25-24-19(29-21)15-4-2-5-16(22)12-15/h2,4-5,7-10,12,17H,3,6,11H2,1H3,(H,23,25,27). The zero-order chi connectivity index (χ0) is 20.4. The first-order valence-corrected chi connectivity index (χ1v) is 10.9. The molecule has 1 fully saturated rings. The number of hydrogen-bond acceptors (Lipinski definition) is 5. The van der Waals surface area contributed by atoms with Crippen LogP contribution in [-0.4, -0.2) is 39.5 Å². The van der Waals surface area contributed by atoms with E-state index in [1.54, 1.807) is 17.0 Å². The lowest BCUT2D eigenvalue weighted by Gasteiger charge is -2.23. The Kier molecular flexibility index (Phi) is 5.73. The van der Waals surface area contributed by atoms with E-state index in [4.69, 9.17) is 0 Å². The van der Waals surface area contributed by atoms with Gasteiger partial charge in [-0.3, -0.25) is 14.9 Å². The molecule has 1 saturated heterocycles. The van der Waals surface area contributed by atoms with Crippen LogP contribution in [0, 0.1) is 6.92 Å². The number of anilines is 1. The van der Waals surface area contributed by atoms with Crippen molar-refractivity contribution in [3.8, 4) is 10.6 Å². The maximum atomic E-state index is 12.9. The molecule has 0 aliphatic carbocycles. The maximum Gasteiger partial charge on any atom is 0.254 e. The molecule has 0 bridgehead atoms. The van der Waals surface area contributed by atoms with Crippen molar-refractivity contribution >= 4 is 44.2 Å². The summed E-state index contributed by atoms with van der Waals surface area (Å²) >= 11 is 4.75. The topological polar surface area (TPSA) is 75.2 Å². The zero-order valence-electron chi connectivity index (χ0n) is 15.8. The van der Waals surface area contributed by atoms with Gasteiger partial charge in [0.05, 0.1) is 0 Å². The molecule has 0 radical (unpaired) electrons. The van der Waals surface area contributed by atoms with Crippen LogP contribution < -0.4 is 5.32 Å². The predicted octanol–water partition coefficient (Wildman–Crippen LogP) is 4.52. The quantitative estimate of drug-likeness (QED) is 0.607. The van der Waals surface area contributed by atoms with E-state index in [0.29, 0.717) is 23.7 Å². The number of carbonyl (C=O) groups excluding carboxylic acids is 2. The number of carbonyl (C=O) groups is 2. The van der Waals surface area contributed by atoms with Gasteiger partial charge < -0.3 is 4.90 Å². The van der Waals surface area contributed by atoms with E-state index in [1.165, 1.54) is 11.3 Å². The molecule has 29 heavy (non-hydrogen) atoms. The van der Waals surface area contributed by atoms with Gasteiger partial charge in [-0.05, 0) is 44.0 Å². The van der Waals surface area contributed by atoms with Crippen LogP contribution in [0.25, 0.3) is 10.6 Å². The number of nitrogens with zero attached hydrogens (tertiary/aromatic N) is 3. The second kappa shape index (κ2) is 8.42. The van der Waals surface area contributed by atoms with E-state index in [-0.39, 0.29) is 11.8 Å². The number of likely N-dealkylation sites (tertiary alicyclic amines) is 1. The van der Waals surface area contributed by atoms with Crippen molar-refractivity contribution in [1.82, 2.24) is 15.1 Å². The van der Waals surface area contributed by atoms with Crippen LogP contribution in [0.2, 0.25) is 0 Å². The molecule has 3 aromatic rings. The number of benzene rings is 2. The first kappa shape index (κ1) is 19.7. The molecule has 1 atom stereocenters. The lowest BCUT2D eigenvalue weighted by atomic mass is 10.1. The Labute approximate surface area is 181 Å². The van der Waals surface area contributed by atoms with E-state index >= 15 is 0 Å². The molecule has 2 aromatic carbocycles. The lowest BCUT2D eigenvalue weighted by Crippen LogP contribution is -2.43. The Morgan fingerprint density at radius 3 is 2.72 bits per heavy atom. The molecule has 1 aromatic heterocycles. The van der Waals surface area contributed by atoms with E-state index in [1.807, 2.05) is 43.3 Å². The number of amides is 2. The van der Waals surface area contributed by atoms with Crippen molar-refractivity contribution in [2.45, 2.75) is 25.8 Å². The number of hydrogen-bond donors (Lipinski definition) is 1. The zero-order valence-corrected chi connectivity index (χ0v) is 18.2. The molecule has 1 aliphatic rings. The fraction of sp³-hybridized carbons (Fsp3) is 0.238. The van der Waals surface area contributed by atoms with Gasteiger partial charge in [-0.2, -0.15) is 0 Å². The monoisotopic (exact) mass is 470 g/mol. The highest BCUT2D eigenvalue weighted by atomic mass is 79.9. The Morgan fingerprint density at radius 2 is 1.97 bits per heavy atom. The van der Waals surface area contributed by atoms with Gasteiger partial charge in [0.1, 0.15) is 11.0 Å². The van der Waals surface area contributed by atoms with Crippen molar-refractivity contribution in [3.63, 3.8) is 0 Å². The highest BCUT2D eigenvalue weighted by Gasteiger charge is 2.35. The molecule has 0 spiro atoms. The van der Waals surface area contributed by atoms with Crippen LogP contribution in [0.5, 0.6) is 0 Å². The molecular formula is C21H19BrN4O2S. The third kappa shape index (κ3) is 4.38. The Balaban J connectivity index is 1.46. The minimum absolute atomic E-state index is 0.116.